The fourth-order valence-corrected chi connectivity index (χ4v) is 5.20. The number of carbonyl (C=O) groups is 1. The third-order valence-corrected chi connectivity index (χ3v) is 7.16. The minimum atomic E-state index is -3.50. The smallest absolute Gasteiger partial charge is 0.267 e. The molecule has 2 atom stereocenters. The summed E-state index contributed by atoms with van der Waals surface area (Å²) in [5.41, 5.74) is 0.323. The van der Waals surface area contributed by atoms with Crippen molar-refractivity contribution < 1.29 is 13.2 Å². The number of nitrogens with zero attached hydrogens (tertiary/aromatic N) is 1. The zero-order chi connectivity index (χ0) is 17.2. The lowest BCUT2D eigenvalue weighted by Gasteiger charge is -2.29. The molecular weight excluding hydrogens is 326 g/mol. The Hall–Kier alpha value is -1.34. The number of hydrogen-bond donors (Lipinski definition) is 2. The summed E-state index contributed by atoms with van der Waals surface area (Å²) in [6.45, 7) is 3.29. The first-order valence-corrected chi connectivity index (χ1v) is 10.4. The van der Waals surface area contributed by atoms with Crippen LogP contribution in [-0.4, -0.2) is 42.7 Å². The zero-order valence-corrected chi connectivity index (χ0v) is 15.1. The lowest BCUT2D eigenvalue weighted by molar-refractivity contribution is 0.0905. The van der Waals surface area contributed by atoms with Crippen molar-refractivity contribution >= 4 is 15.9 Å². The first kappa shape index (κ1) is 17.5. The van der Waals surface area contributed by atoms with Crippen LogP contribution in [0.1, 0.15) is 62.4 Å². The summed E-state index contributed by atoms with van der Waals surface area (Å²) in [6.07, 6.45) is 8.78. The van der Waals surface area contributed by atoms with Crippen LogP contribution in [0.2, 0.25) is 0 Å². The number of hydrogen-bond acceptors (Lipinski definition) is 3. The molecule has 1 aliphatic heterocycles. The average Bonchev–Trinajstić information content (AvgIpc) is 3.09. The second-order valence-electron chi connectivity index (χ2n) is 7.06. The molecule has 24 heavy (non-hydrogen) atoms. The van der Waals surface area contributed by atoms with Gasteiger partial charge in [-0.1, -0.05) is 26.2 Å². The van der Waals surface area contributed by atoms with Gasteiger partial charge in [0, 0.05) is 25.3 Å². The van der Waals surface area contributed by atoms with E-state index in [0.29, 0.717) is 24.7 Å². The number of H-pyrrole nitrogens is 1. The van der Waals surface area contributed by atoms with E-state index in [4.69, 9.17) is 0 Å². The molecule has 2 heterocycles. The van der Waals surface area contributed by atoms with Crippen molar-refractivity contribution in [3.8, 4) is 0 Å². The minimum absolute atomic E-state index is 0.178. The van der Waals surface area contributed by atoms with E-state index in [1.165, 1.54) is 23.0 Å². The molecule has 6 nitrogen and oxygen atoms in total. The molecule has 0 radical (unpaired) electrons. The predicted molar refractivity (Wildman–Crippen MR) is 92.3 cm³/mol. The summed E-state index contributed by atoms with van der Waals surface area (Å²) in [5, 5.41) is 3.05. The number of aromatic nitrogens is 1. The van der Waals surface area contributed by atoms with E-state index in [0.717, 1.165) is 38.5 Å². The van der Waals surface area contributed by atoms with Gasteiger partial charge in [-0.2, -0.15) is 4.31 Å². The van der Waals surface area contributed by atoms with E-state index in [1.807, 2.05) is 0 Å². The van der Waals surface area contributed by atoms with E-state index < -0.39 is 10.0 Å². The molecule has 2 aliphatic rings. The molecular formula is C17H27N3O3S. The molecule has 134 valence electrons. The molecule has 1 saturated heterocycles. The van der Waals surface area contributed by atoms with Crippen LogP contribution in [0.15, 0.2) is 17.2 Å². The van der Waals surface area contributed by atoms with E-state index >= 15 is 0 Å². The van der Waals surface area contributed by atoms with Crippen LogP contribution in [0.3, 0.4) is 0 Å². The Labute approximate surface area is 144 Å². The molecule has 1 aliphatic carbocycles. The Kier molecular flexibility index (Phi) is 5.30. The van der Waals surface area contributed by atoms with Crippen molar-refractivity contribution in [3.63, 3.8) is 0 Å². The summed E-state index contributed by atoms with van der Waals surface area (Å²) >= 11 is 0. The maximum atomic E-state index is 12.6. The quantitative estimate of drug-likeness (QED) is 0.872. The molecule has 2 fully saturated rings. The van der Waals surface area contributed by atoms with Gasteiger partial charge in [0.05, 0.1) is 0 Å². The second-order valence-corrected chi connectivity index (χ2v) is 8.99. The average molecular weight is 353 g/mol. The summed E-state index contributed by atoms with van der Waals surface area (Å²) < 4.78 is 26.8. The number of carbonyl (C=O) groups excluding carboxylic acids is 1. The van der Waals surface area contributed by atoms with E-state index in [1.54, 1.807) is 0 Å². The zero-order valence-electron chi connectivity index (χ0n) is 14.3. The molecule has 1 aromatic heterocycles. The van der Waals surface area contributed by atoms with Crippen molar-refractivity contribution in [2.75, 3.05) is 13.1 Å². The molecule has 1 saturated carbocycles. The number of sulfonamides is 1. The third-order valence-electron chi connectivity index (χ3n) is 5.28. The van der Waals surface area contributed by atoms with Gasteiger partial charge in [0.15, 0.2) is 0 Å². The normalized spacial score (nSPS) is 26.2. The second kappa shape index (κ2) is 7.27. The van der Waals surface area contributed by atoms with E-state index in [-0.39, 0.29) is 16.8 Å². The lowest BCUT2D eigenvalue weighted by atomic mass is 9.86. The fourth-order valence-electron chi connectivity index (χ4n) is 3.69. The molecule has 7 heteroatoms. The first-order valence-electron chi connectivity index (χ1n) is 8.98. The van der Waals surface area contributed by atoms with Crippen molar-refractivity contribution in [1.82, 2.24) is 14.6 Å². The summed E-state index contributed by atoms with van der Waals surface area (Å²) in [6, 6.07) is 1.64. The van der Waals surface area contributed by atoms with Crippen molar-refractivity contribution in [3.05, 3.63) is 18.0 Å². The van der Waals surface area contributed by atoms with Gasteiger partial charge in [0.25, 0.3) is 5.91 Å². The molecule has 2 N–H and O–H groups in total. The van der Waals surface area contributed by atoms with Crippen LogP contribution in [0, 0.1) is 5.92 Å². The minimum Gasteiger partial charge on any atom is -0.356 e. The highest BCUT2D eigenvalue weighted by Gasteiger charge is 2.28. The molecule has 0 bridgehead atoms. The Morgan fingerprint density at radius 2 is 1.88 bits per heavy atom. The summed E-state index contributed by atoms with van der Waals surface area (Å²) in [4.78, 5) is 15.4. The molecule has 0 aromatic carbocycles. The highest BCUT2D eigenvalue weighted by atomic mass is 32.2. The predicted octanol–water partition coefficient (Wildman–Crippen LogP) is 2.50. The fraction of sp³-hybridized carbons (Fsp3) is 0.706. The number of aromatic amines is 1. The number of piperidine rings is 1. The molecule has 0 spiro atoms. The van der Waals surface area contributed by atoms with Crippen molar-refractivity contribution in [1.29, 1.82) is 0 Å². The van der Waals surface area contributed by atoms with Gasteiger partial charge in [-0.05, 0) is 37.7 Å². The van der Waals surface area contributed by atoms with Crippen molar-refractivity contribution in [2.45, 2.75) is 62.8 Å². The van der Waals surface area contributed by atoms with Crippen LogP contribution < -0.4 is 5.32 Å². The van der Waals surface area contributed by atoms with Crippen LogP contribution in [0.4, 0.5) is 0 Å². The molecule has 3 rings (SSSR count). The van der Waals surface area contributed by atoms with Gasteiger partial charge in [0.1, 0.15) is 10.6 Å². The Morgan fingerprint density at radius 1 is 1.17 bits per heavy atom. The van der Waals surface area contributed by atoms with Gasteiger partial charge < -0.3 is 10.3 Å². The molecule has 1 amide bonds. The topological polar surface area (TPSA) is 82.3 Å². The summed E-state index contributed by atoms with van der Waals surface area (Å²) in [5.74, 6) is 0.253. The van der Waals surface area contributed by atoms with Gasteiger partial charge in [0.2, 0.25) is 10.0 Å². The molecule has 0 unspecified atom stereocenters. The van der Waals surface area contributed by atoms with Crippen LogP contribution in [0.5, 0.6) is 0 Å². The Balaban J connectivity index is 1.69. The maximum absolute atomic E-state index is 12.6. The lowest BCUT2D eigenvalue weighted by Crippen LogP contribution is -2.41. The number of nitrogens with one attached hydrogen (secondary N) is 2. The summed E-state index contributed by atoms with van der Waals surface area (Å²) in [7, 11) is -3.50. The van der Waals surface area contributed by atoms with E-state index in [2.05, 4.69) is 17.2 Å². The first-order chi connectivity index (χ1) is 11.5. The SMILES string of the molecule is C[C@H]1CCCC[C@@H]1NC(=O)c1cc(S(=O)(=O)N2CCCCC2)c[nH]1. The largest absolute Gasteiger partial charge is 0.356 e. The van der Waals surface area contributed by atoms with Gasteiger partial charge >= 0.3 is 0 Å². The van der Waals surface area contributed by atoms with Crippen LogP contribution in [0.25, 0.3) is 0 Å². The van der Waals surface area contributed by atoms with Crippen molar-refractivity contribution in [2.24, 2.45) is 5.92 Å². The van der Waals surface area contributed by atoms with E-state index in [9.17, 15) is 13.2 Å². The Morgan fingerprint density at radius 3 is 2.58 bits per heavy atom. The van der Waals surface area contributed by atoms with Gasteiger partial charge in [-0.3, -0.25) is 4.79 Å². The standard InChI is InChI=1S/C17H27N3O3S/c1-13-7-3-4-8-15(13)19-17(21)16-11-14(12-18-16)24(22,23)20-9-5-2-6-10-20/h11-13,15,18H,2-10H2,1H3,(H,19,21)/t13-,15-/m0/s1. The third kappa shape index (κ3) is 3.67. The van der Waals surface area contributed by atoms with Crippen LogP contribution in [-0.2, 0) is 10.0 Å². The highest BCUT2D eigenvalue weighted by Crippen LogP contribution is 2.25. The Bertz CT molecular complexity index is 677. The van der Waals surface area contributed by atoms with Gasteiger partial charge in [-0.15, -0.1) is 0 Å². The maximum Gasteiger partial charge on any atom is 0.267 e. The number of rotatable bonds is 4. The number of amides is 1. The monoisotopic (exact) mass is 353 g/mol. The molecule has 1 aromatic rings. The van der Waals surface area contributed by atoms with Gasteiger partial charge in [-0.25, -0.2) is 8.42 Å². The van der Waals surface area contributed by atoms with Crippen LogP contribution >= 0.6 is 0 Å². The highest BCUT2D eigenvalue weighted by molar-refractivity contribution is 7.89.